The first kappa shape index (κ1) is 14.5. The van der Waals surface area contributed by atoms with E-state index in [9.17, 15) is 5.11 Å². The Hall–Kier alpha value is -0.870. The minimum atomic E-state index is -0.486. The highest BCUT2D eigenvalue weighted by molar-refractivity contribution is 5.22. The van der Waals surface area contributed by atoms with Gasteiger partial charge in [0.25, 0.3) is 0 Å². The lowest BCUT2D eigenvalue weighted by molar-refractivity contribution is -0.0166. The quantitative estimate of drug-likeness (QED) is 0.878. The third-order valence-electron chi connectivity index (χ3n) is 5.11. The molecule has 1 fully saturated rings. The Labute approximate surface area is 116 Å². The summed E-state index contributed by atoms with van der Waals surface area (Å²) in [6.45, 7) is 4.80. The maximum Gasteiger partial charge on any atom is 0.0891 e. The second-order valence-corrected chi connectivity index (χ2v) is 6.15. The molecule has 4 nitrogen and oxygen atoms in total. The normalized spacial score (nSPS) is 29.4. The summed E-state index contributed by atoms with van der Waals surface area (Å²) in [4.78, 5) is 0. The van der Waals surface area contributed by atoms with Gasteiger partial charge in [0.15, 0.2) is 0 Å². The van der Waals surface area contributed by atoms with Crippen LogP contribution in [0.25, 0.3) is 0 Å². The monoisotopic (exact) mass is 265 g/mol. The van der Waals surface area contributed by atoms with Gasteiger partial charge in [0.05, 0.1) is 12.3 Å². The van der Waals surface area contributed by atoms with Gasteiger partial charge in [0, 0.05) is 30.3 Å². The van der Waals surface area contributed by atoms with Gasteiger partial charge in [-0.25, -0.2) is 0 Å². The van der Waals surface area contributed by atoms with Crippen molar-refractivity contribution in [2.45, 2.75) is 52.1 Å². The lowest BCUT2D eigenvalue weighted by Crippen LogP contribution is -2.41. The fourth-order valence-corrected chi connectivity index (χ4v) is 3.53. The molecule has 0 spiro atoms. The molecule has 1 saturated carbocycles. The predicted octanol–water partition coefficient (Wildman–Crippen LogP) is 2.31. The van der Waals surface area contributed by atoms with E-state index in [2.05, 4.69) is 12.0 Å². The summed E-state index contributed by atoms with van der Waals surface area (Å²) < 4.78 is 1.82. The van der Waals surface area contributed by atoms with E-state index < -0.39 is 6.10 Å². The minimum Gasteiger partial charge on any atom is -0.388 e. The maximum absolute atomic E-state index is 10.9. The average molecular weight is 265 g/mol. The van der Waals surface area contributed by atoms with Gasteiger partial charge in [-0.3, -0.25) is 4.68 Å². The number of hydrogen-bond acceptors (Lipinski definition) is 3. The Kier molecular flexibility index (Phi) is 4.31. The molecule has 1 aliphatic carbocycles. The Morgan fingerprint density at radius 2 is 2.37 bits per heavy atom. The van der Waals surface area contributed by atoms with E-state index in [1.807, 2.05) is 18.7 Å². The SMILES string of the molecule is CCC1CCCC(CN)(C(O)c2cnn(C)c2C)C1. The number of nitrogens with zero attached hydrogens (tertiary/aromatic N) is 2. The van der Waals surface area contributed by atoms with Gasteiger partial charge in [-0.05, 0) is 25.7 Å². The number of hydrogen-bond donors (Lipinski definition) is 2. The van der Waals surface area contributed by atoms with E-state index in [1.54, 1.807) is 6.20 Å². The van der Waals surface area contributed by atoms with Gasteiger partial charge in [0.2, 0.25) is 0 Å². The second-order valence-electron chi connectivity index (χ2n) is 6.15. The van der Waals surface area contributed by atoms with Gasteiger partial charge in [-0.2, -0.15) is 5.10 Å². The number of rotatable bonds is 4. The molecule has 108 valence electrons. The summed E-state index contributed by atoms with van der Waals surface area (Å²) in [5, 5.41) is 15.1. The molecular formula is C15H27N3O. The van der Waals surface area contributed by atoms with Crippen LogP contribution in [0.15, 0.2) is 6.20 Å². The van der Waals surface area contributed by atoms with Crippen molar-refractivity contribution in [2.75, 3.05) is 6.54 Å². The Morgan fingerprint density at radius 3 is 2.89 bits per heavy atom. The van der Waals surface area contributed by atoms with Crippen molar-refractivity contribution < 1.29 is 5.11 Å². The van der Waals surface area contributed by atoms with Crippen molar-refractivity contribution >= 4 is 0 Å². The molecule has 2 rings (SSSR count). The Balaban J connectivity index is 2.27. The maximum atomic E-state index is 10.9. The first-order chi connectivity index (χ1) is 9.04. The largest absolute Gasteiger partial charge is 0.388 e. The third kappa shape index (κ3) is 2.56. The van der Waals surface area contributed by atoms with Crippen molar-refractivity contribution in [2.24, 2.45) is 24.1 Å². The molecule has 1 aromatic heterocycles. The zero-order valence-corrected chi connectivity index (χ0v) is 12.4. The van der Waals surface area contributed by atoms with E-state index in [0.717, 1.165) is 24.1 Å². The van der Waals surface area contributed by atoms with E-state index in [4.69, 9.17) is 5.73 Å². The molecule has 3 N–H and O–H groups in total. The lowest BCUT2D eigenvalue weighted by atomic mass is 9.64. The second kappa shape index (κ2) is 5.63. The molecule has 0 radical (unpaired) electrons. The van der Waals surface area contributed by atoms with Crippen LogP contribution < -0.4 is 5.73 Å². The van der Waals surface area contributed by atoms with Crippen LogP contribution in [0.5, 0.6) is 0 Å². The summed E-state index contributed by atoms with van der Waals surface area (Å²) in [6.07, 6.45) is 7.00. The molecule has 1 heterocycles. The number of nitrogens with two attached hydrogens (primary N) is 1. The third-order valence-corrected chi connectivity index (χ3v) is 5.11. The Bertz CT molecular complexity index is 429. The van der Waals surface area contributed by atoms with Gasteiger partial charge in [-0.1, -0.05) is 26.2 Å². The highest BCUT2D eigenvalue weighted by Gasteiger charge is 2.42. The van der Waals surface area contributed by atoms with Crippen LogP contribution in [0.1, 0.15) is 56.4 Å². The van der Waals surface area contributed by atoms with Crippen molar-refractivity contribution in [1.29, 1.82) is 0 Å². The van der Waals surface area contributed by atoms with E-state index in [-0.39, 0.29) is 5.41 Å². The van der Waals surface area contributed by atoms with Gasteiger partial charge in [-0.15, -0.1) is 0 Å². The molecule has 0 aromatic carbocycles. The van der Waals surface area contributed by atoms with Crippen molar-refractivity contribution in [3.05, 3.63) is 17.5 Å². The zero-order valence-electron chi connectivity index (χ0n) is 12.4. The fourth-order valence-electron chi connectivity index (χ4n) is 3.53. The summed E-state index contributed by atoms with van der Waals surface area (Å²) in [6, 6.07) is 0. The van der Waals surface area contributed by atoms with Gasteiger partial charge >= 0.3 is 0 Å². The molecular weight excluding hydrogens is 238 g/mol. The predicted molar refractivity (Wildman–Crippen MR) is 76.6 cm³/mol. The molecule has 0 bridgehead atoms. The lowest BCUT2D eigenvalue weighted by Gasteiger charge is -2.43. The summed E-state index contributed by atoms with van der Waals surface area (Å²) >= 11 is 0. The standard InChI is InChI=1S/C15H27N3O/c1-4-12-6-5-7-15(8-12,10-16)14(19)13-9-17-18(3)11(13)2/h9,12,14,19H,4-8,10,16H2,1-3H3. The molecule has 1 aliphatic rings. The Morgan fingerprint density at radius 1 is 1.63 bits per heavy atom. The van der Waals surface area contributed by atoms with E-state index in [1.165, 1.54) is 19.3 Å². The number of aromatic nitrogens is 2. The highest BCUT2D eigenvalue weighted by atomic mass is 16.3. The smallest absolute Gasteiger partial charge is 0.0891 e. The highest BCUT2D eigenvalue weighted by Crippen LogP contribution is 2.48. The van der Waals surface area contributed by atoms with Crippen LogP contribution in [0.3, 0.4) is 0 Å². The molecule has 4 heteroatoms. The van der Waals surface area contributed by atoms with Gasteiger partial charge < -0.3 is 10.8 Å². The molecule has 3 unspecified atom stereocenters. The van der Waals surface area contributed by atoms with E-state index in [0.29, 0.717) is 12.5 Å². The van der Waals surface area contributed by atoms with Crippen molar-refractivity contribution in [3.8, 4) is 0 Å². The van der Waals surface area contributed by atoms with Crippen LogP contribution in [-0.4, -0.2) is 21.4 Å². The number of aryl methyl sites for hydroxylation is 1. The molecule has 1 aromatic rings. The van der Waals surface area contributed by atoms with Crippen LogP contribution in [0.4, 0.5) is 0 Å². The average Bonchev–Trinajstić information content (AvgIpc) is 2.78. The van der Waals surface area contributed by atoms with Crippen LogP contribution in [-0.2, 0) is 7.05 Å². The van der Waals surface area contributed by atoms with Gasteiger partial charge in [0.1, 0.15) is 0 Å². The molecule has 3 atom stereocenters. The summed E-state index contributed by atoms with van der Waals surface area (Å²) in [5.74, 6) is 0.698. The first-order valence-corrected chi connectivity index (χ1v) is 7.40. The topological polar surface area (TPSA) is 64.1 Å². The molecule has 0 amide bonds. The number of aliphatic hydroxyl groups excluding tert-OH is 1. The van der Waals surface area contributed by atoms with E-state index >= 15 is 0 Å². The molecule has 19 heavy (non-hydrogen) atoms. The van der Waals surface area contributed by atoms with Crippen LogP contribution >= 0.6 is 0 Å². The first-order valence-electron chi connectivity index (χ1n) is 7.40. The number of aliphatic hydroxyl groups is 1. The van der Waals surface area contributed by atoms with Crippen LogP contribution in [0.2, 0.25) is 0 Å². The van der Waals surface area contributed by atoms with Crippen molar-refractivity contribution in [3.63, 3.8) is 0 Å². The van der Waals surface area contributed by atoms with Crippen LogP contribution in [0, 0.1) is 18.3 Å². The molecule has 0 aliphatic heterocycles. The summed E-state index contributed by atoms with van der Waals surface area (Å²) in [7, 11) is 1.91. The fraction of sp³-hybridized carbons (Fsp3) is 0.800. The zero-order chi connectivity index (χ0) is 14.0. The summed E-state index contributed by atoms with van der Waals surface area (Å²) in [5.41, 5.74) is 7.89. The molecule has 0 saturated heterocycles. The minimum absolute atomic E-state index is 0.160. The van der Waals surface area contributed by atoms with Crippen molar-refractivity contribution in [1.82, 2.24) is 9.78 Å².